The van der Waals surface area contributed by atoms with Gasteiger partial charge in [0.05, 0.1) is 27.4 Å². The zero-order valence-corrected chi connectivity index (χ0v) is 13.5. The summed E-state index contributed by atoms with van der Waals surface area (Å²) in [6.45, 7) is 0.0313. The number of ether oxygens (including phenoxy) is 2. The van der Waals surface area contributed by atoms with E-state index in [0.717, 1.165) is 49.0 Å². The molecule has 1 atom stereocenters. The van der Waals surface area contributed by atoms with Gasteiger partial charge >= 0.3 is 0 Å². The van der Waals surface area contributed by atoms with Gasteiger partial charge in [0.15, 0.2) is 0 Å². The maximum atomic E-state index is 9.81. The van der Waals surface area contributed by atoms with Crippen molar-refractivity contribution in [1.82, 2.24) is 0 Å². The van der Waals surface area contributed by atoms with Crippen molar-refractivity contribution in [2.75, 3.05) is 20.8 Å². The molecule has 1 unspecified atom stereocenters. The number of aliphatic hydroxyl groups excluding tert-OH is 2. The lowest BCUT2D eigenvalue weighted by molar-refractivity contribution is 0.270. The van der Waals surface area contributed by atoms with E-state index in [4.69, 9.17) is 14.6 Å². The second-order valence-corrected chi connectivity index (χ2v) is 5.70. The fourth-order valence-corrected chi connectivity index (χ4v) is 3.32. The first-order valence-electron chi connectivity index (χ1n) is 7.89. The van der Waals surface area contributed by atoms with Crippen LogP contribution in [0.1, 0.15) is 36.0 Å². The second-order valence-electron chi connectivity index (χ2n) is 5.70. The van der Waals surface area contributed by atoms with Crippen LogP contribution in [0.15, 0.2) is 18.2 Å². The minimum Gasteiger partial charge on any atom is -0.496 e. The second kappa shape index (κ2) is 8.20. The summed E-state index contributed by atoms with van der Waals surface area (Å²) in [7, 11) is 3.29. The summed E-state index contributed by atoms with van der Waals surface area (Å²) in [6, 6.07) is 1.88. The number of hydrogen-bond acceptors (Lipinski definition) is 4. The van der Waals surface area contributed by atoms with Crippen molar-refractivity contribution in [3.63, 3.8) is 0 Å². The number of aliphatic hydroxyl groups is 2. The first-order chi connectivity index (χ1) is 10.7. The maximum Gasteiger partial charge on any atom is 0.128 e. The molecule has 0 radical (unpaired) electrons. The van der Waals surface area contributed by atoms with Gasteiger partial charge in [0.25, 0.3) is 0 Å². The molecule has 22 heavy (non-hydrogen) atoms. The lowest BCUT2D eigenvalue weighted by atomic mass is 9.83. The summed E-state index contributed by atoms with van der Waals surface area (Å²) in [5, 5.41) is 18.8. The van der Waals surface area contributed by atoms with E-state index in [0.29, 0.717) is 11.7 Å². The SMILES string of the molecule is COc1cc(OC)c2c(c1CO)CC(C=CCO)CCCC2. The lowest BCUT2D eigenvalue weighted by Gasteiger charge is -2.25. The molecule has 1 aliphatic rings. The molecule has 1 aromatic rings. The van der Waals surface area contributed by atoms with Gasteiger partial charge in [-0.05, 0) is 42.7 Å². The third-order valence-corrected chi connectivity index (χ3v) is 4.42. The van der Waals surface area contributed by atoms with Crippen LogP contribution in [-0.2, 0) is 19.4 Å². The molecule has 0 saturated carbocycles. The van der Waals surface area contributed by atoms with Crippen LogP contribution in [0.25, 0.3) is 0 Å². The number of fused-ring (bicyclic) bond motifs is 1. The van der Waals surface area contributed by atoms with E-state index in [1.807, 2.05) is 12.1 Å². The smallest absolute Gasteiger partial charge is 0.128 e. The van der Waals surface area contributed by atoms with E-state index < -0.39 is 0 Å². The fourth-order valence-electron chi connectivity index (χ4n) is 3.32. The van der Waals surface area contributed by atoms with Gasteiger partial charge in [-0.1, -0.05) is 18.6 Å². The van der Waals surface area contributed by atoms with Crippen molar-refractivity contribution < 1.29 is 19.7 Å². The van der Waals surface area contributed by atoms with Crippen molar-refractivity contribution in [3.8, 4) is 11.5 Å². The maximum absolute atomic E-state index is 9.81. The highest BCUT2D eigenvalue weighted by molar-refractivity contribution is 5.53. The molecular formula is C18H26O4. The molecule has 0 spiro atoms. The molecule has 0 fully saturated rings. The number of benzene rings is 1. The van der Waals surface area contributed by atoms with Crippen molar-refractivity contribution in [3.05, 3.63) is 34.9 Å². The van der Waals surface area contributed by atoms with E-state index in [1.165, 1.54) is 5.56 Å². The zero-order valence-electron chi connectivity index (χ0n) is 13.5. The van der Waals surface area contributed by atoms with E-state index in [-0.39, 0.29) is 13.2 Å². The molecule has 1 aliphatic carbocycles. The molecule has 2 N–H and O–H groups in total. The molecule has 0 aromatic heterocycles. The van der Waals surface area contributed by atoms with Gasteiger partial charge in [-0.15, -0.1) is 0 Å². The quantitative estimate of drug-likeness (QED) is 0.821. The standard InChI is InChI=1S/C18H26O4/c1-21-17-11-18(22-2)16(12-20)15-10-13(7-5-9-19)6-3-4-8-14(15)17/h5,7,11,13,19-20H,3-4,6,8-10,12H2,1-2H3. The van der Waals surface area contributed by atoms with Crippen LogP contribution in [0.4, 0.5) is 0 Å². The Morgan fingerprint density at radius 1 is 1.14 bits per heavy atom. The highest BCUT2D eigenvalue weighted by atomic mass is 16.5. The zero-order chi connectivity index (χ0) is 15.9. The van der Waals surface area contributed by atoms with Crippen LogP contribution < -0.4 is 9.47 Å². The summed E-state index contributed by atoms with van der Waals surface area (Å²) in [5.74, 6) is 1.90. The van der Waals surface area contributed by atoms with Crippen LogP contribution in [-0.4, -0.2) is 31.0 Å². The van der Waals surface area contributed by atoms with E-state index in [1.54, 1.807) is 14.2 Å². The Morgan fingerprint density at radius 2 is 1.91 bits per heavy atom. The van der Waals surface area contributed by atoms with Crippen LogP contribution >= 0.6 is 0 Å². The van der Waals surface area contributed by atoms with Crippen molar-refractivity contribution in [2.45, 2.75) is 38.7 Å². The van der Waals surface area contributed by atoms with Crippen LogP contribution in [0.2, 0.25) is 0 Å². The average Bonchev–Trinajstić information content (AvgIpc) is 2.53. The van der Waals surface area contributed by atoms with E-state index in [2.05, 4.69) is 6.08 Å². The molecule has 122 valence electrons. The first kappa shape index (κ1) is 16.8. The minimum atomic E-state index is -0.0358. The lowest BCUT2D eigenvalue weighted by Crippen LogP contribution is -2.13. The Labute approximate surface area is 132 Å². The van der Waals surface area contributed by atoms with Gasteiger partial charge in [0, 0.05) is 11.6 Å². The van der Waals surface area contributed by atoms with Gasteiger partial charge in [-0.25, -0.2) is 0 Å². The monoisotopic (exact) mass is 306 g/mol. The van der Waals surface area contributed by atoms with Gasteiger partial charge in [-0.2, -0.15) is 0 Å². The van der Waals surface area contributed by atoms with Gasteiger partial charge in [0.1, 0.15) is 11.5 Å². The van der Waals surface area contributed by atoms with Crippen molar-refractivity contribution in [1.29, 1.82) is 0 Å². The molecule has 2 rings (SSSR count). The number of rotatable bonds is 5. The van der Waals surface area contributed by atoms with Gasteiger partial charge in [-0.3, -0.25) is 0 Å². The molecule has 0 aliphatic heterocycles. The molecule has 0 bridgehead atoms. The fraction of sp³-hybridized carbons (Fsp3) is 0.556. The first-order valence-corrected chi connectivity index (χ1v) is 7.89. The number of hydrogen-bond donors (Lipinski definition) is 2. The summed E-state index contributed by atoms with van der Waals surface area (Å²) >= 11 is 0. The third kappa shape index (κ3) is 3.62. The van der Waals surface area contributed by atoms with Crippen molar-refractivity contribution >= 4 is 0 Å². The summed E-state index contributed by atoms with van der Waals surface area (Å²) in [4.78, 5) is 0. The predicted molar refractivity (Wildman–Crippen MR) is 86.4 cm³/mol. The normalized spacial score (nSPS) is 18.6. The molecule has 0 saturated heterocycles. The highest BCUT2D eigenvalue weighted by Crippen LogP contribution is 2.38. The minimum absolute atomic E-state index is 0.0358. The Bertz CT molecular complexity index is 522. The van der Waals surface area contributed by atoms with Crippen molar-refractivity contribution in [2.24, 2.45) is 5.92 Å². The van der Waals surface area contributed by atoms with Crippen LogP contribution in [0, 0.1) is 5.92 Å². The largest absolute Gasteiger partial charge is 0.496 e. The molecule has 0 heterocycles. The Kier molecular flexibility index (Phi) is 6.28. The Morgan fingerprint density at radius 3 is 2.55 bits per heavy atom. The summed E-state index contributed by atoms with van der Waals surface area (Å²) in [6.07, 6.45) is 9.05. The molecular weight excluding hydrogens is 280 g/mol. The topological polar surface area (TPSA) is 58.9 Å². The van der Waals surface area contributed by atoms with Crippen LogP contribution in [0.5, 0.6) is 11.5 Å². The number of methoxy groups -OCH3 is 2. The highest BCUT2D eigenvalue weighted by Gasteiger charge is 2.22. The van der Waals surface area contributed by atoms with Gasteiger partial charge in [0.2, 0.25) is 0 Å². The molecule has 4 nitrogen and oxygen atoms in total. The van der Waals surface area contributed by atoms with Crippen LogP contribution in [0.3, 0.4) is 0 Å². The number of allylic oxidation sites excluding steroid dienone is 1. The Hall–Kier alpha value is -1.52. The Balaban J connectivity index is 2.50. The predicted octanol–water partition coefficient (Wildman–Crippen LogP) is 2.63. The third-order valence-electron chi connectivity index (χ3n) is 4.42. The molecule has 4 heteroatoms. The summed E-state index contributed by atoms with van der Waals surface area (Å²) in [5.41, 5.74) is 3.20. The van der Waals surface area contributed by atoms with Gasteiger partial charge < -0.3 is 19.7 Å². The van der Waals surface area contributed by atoms with E-state index in [9.17, 15) is 5.11 Å². The molecule has 1 aromatic carbocycles. The summed E-state index contributed by atoms with van der Waals surface area (Å²) < 4.78 is 11.0. The van der Waals surface area contributed by atoms with E-state index >= 15 is 0 Å². The average molecular weight is 306 g/mol. The molecule has 0 amide bonds.